The summed E-state index contributed by atoms with van der Waals surface area (Å²) in [6.07, 6.45) is 4.15. The number of rotatable bonds is 10. The fourth-order valence-electron chi connectivity index (χ4n) is 1.76. The molecule has 0 aliphatic rings. The lowest BCUT2D eigenvalue weighted by Gasteiger charge is -2.17. The van der Waals surface area contributed by atoms with Crippen molar-refractivity contribution in [2.45, 2.75) is 45.6 Å². The molecule has 2 atom stereocenters. The fourth-order valence-corrected chi connectivity index (χ4v) is 1.76. The van der Waals surface area contributed by atoms with Gasteiger partial charge in [-0.1, -0.05) is 6.92 Å². The van der Waals surface area contributed by atoms with Gasteiger partial charge >= 0.3 is 0 Å². The minimum atomic E-state index is 0.120. The Balaban J connectivity index is 3.67. The topological polar surface area (TPSA) is 53.2 Å². The summed E-state index contributed by atoms with van der Waals surface area (Å²) < 4.78 is 0. The van der Waals surface area contributed by atoms with E-state index in [2.05, 4.69) is 22.9 Å². The summed E-state index contributed by atoms with van der Waals surface area (Å²) in [6.45, 7) is 6.08. The van der Waals surface area contributed by atoms with Crippen molar-refractivity contribution in [2.24, 2.45) is 5.92 Å². The van der Waals surface area contributed by atoms with E-state index in [0.717, 1.165) is 38.8 Å². The number of hydrogen-bond donors (Lipinski definition) is 3. The van der Waals surface area contributed by atoms with Crippen LogP contribution in [0.1, 0.15) is 39.5 Å². The molecule has 102 valence electrons. The maximum absolute atomic E-state index is 11.8. The predicted molar refractivity (Wildman–Crippen MR) is 73.1 cm³/mol. The largest absolute Gasteiger partial charge is 0.353 e. The molecule has 0 saturated carbocycles. The summed E-state index contributed by atoms with van der Waals surface area (Å²) in [7, 11) is 3.89. The second kappa shape index (κ2) is 10.5. The highest BCUT2D eigenvalue weighted by atomic mass is 16.1. The first-order valence-corrected chi connectivity index (χ1v) is 6.71. The molecule has 2 unspecified atom stereocenters. The van der Waals surface area contributed by atoms with Gasteiger partial charge in [0, 0.05) is 12.0 Å². The average molecular weight is 243 g/mol. The maximum Gasteiger partial charge on any atom is 0.223 e. The van der Waals surface area contributed by atoms with Crippen molar-refractivity contribution in [1.29, 1.82) is 0 Å². The Bertz CT molecular complexity index is 197. The predicted octanol–water partition coefficient (Wildman–Crippen LogP) is 1.13. The van der Waals surface area contributed by atoms with Gasteiger partial charge in [0.25, 0.3) is 0 Å². The standard InChI is InChI=1S/C13H29N3O/c1-11(7-5-9-14-3)13(17)16-12(2)8-6-10-15-4/h11-12,14-15H,5-10H2,1-4H3,(H,16,17). The number of amides is 1. The van der Waals surface area contributed by atoms with Gasteiger partial charge in [-0.15, -0.1) is 0 Å². The second-order valence-corrected chi connectivity index (χ2v) is 4.80. The Morgan fingerprint density at radius 3 is 2.06 bits per heavy atom. The van der Waals surface area contributed by atoms with Gasteiger partial charge in [-0.05, 0) is 59.8 Å². The zero-order valence-electron chi connectivity index (χ0n) is 11.8. The first kappa shape index (κ1) is 16.4. The molecule has 0 aliphatic heterocycles. The van der Waals surface area contributed by atoms with Crippen LogP contribution in [-0.2, 0) is 4.79 Å². The van der Waals surface area contributed by atoms with E-state index in [-0.39, 0.29) is 17.9 Å². The molecule has 0 aromatic rings. The lowest BCUT2D eigenvalue weighted by atomic mass is 10.0. The molecule has 17 heavy (non-hydrogen) atoms. The van der Waals surface area contributed by atoms with Crippen molar-refractivity contribution in [3.05, 3.63) is 0 Å². The first-order valence-electron chi connectivity index (χ1n) is 6.71. The van der Waals surface area contributed by atoms with Crippen LogP contribution in [0.15, 0.2) is 0 Å². The van der Waals surface area contributed by atoms with E-state index in [1.807, 2.05) is 21.0 Å². The van der Waals surface area contributed by atoms with E-state index in [1.54, 1.807) is 0 Å². The SMILES string of the molecule is CNCCCC(C)NC(=O)C(C)CCCNC. The van der Waals surface area contributed by atoms with Crippen LogP contribution in [0.5, 0.6) is 0 Å². The minimum absolute atomic E-state index is 0.120. The highest BCUT2D eigenvalue weighted by Gasteiger charge is 2.14. The summed E-state index contributed by atoms with van der Waals surface area (Å²) in [6, 6.07) is 0.280. The third kappa shape index (κ3) is 9.12. The van der Waals surface area contributed by atoms with Crippen molar-refractivity contribution in [2.75, 3.05) is 27.2 Å². The summed E-state index contributed by atoms with van der Waals surface area (Å²) in [5.74, 6) is 0.313. The van der Waals surface area contributed by atoms with Crippen molar-refractivity contribution in [1.82, 2.24) is 16.0 Å². The summed E-state index contributed by atoms with van der Waals surface area (Å²) in [5, 5.41) is 9.29. The summed E-state index contributed by atoms with van der Waals surface area (Å²) in [5.41, 5.74) is 0. The third-order valence-electron chi connectivity index (χ3n) is 2.96. The molecule has 0 heterocycles. The summed E-state index contributed by atoms with van der Waals surface area (Å²) in [4.78, 5) is 11.8. The van der Waals surface area contributed by atoms with Crippen molar-refractivity contribution >= 4 is 5.91 Å². The zero-order valence-corrected chi connectivity index (χ0v) is 11.8. The van der Waals surface area contributed by atoms with Crippen LogP contribution in [0.2, 0.25) is 0 Å². The van der Waals surface area contributed by atoms with Gasteiger partial charge in [0.05, 0.1) is 0 Å². The molecule has 0 rings (SSSR count). The van der Waals surface area contributed by atoms with Crippen LogP contribution in [0.3, 0.4) is 0 Å². The van der Waals surface area contributed by atoms with Gasteiger partial charge in [-0.3, -0.25) is 4.79 Å². The maximum atomic E-state index is 11.8. The molecular formula is C13H29N3O. The molecule has 0 radical (unpaired) electrons. The molecule has 0 saturated heterocycles. The number of hydrogen-bond acceptors (Lipinski definition) is 3. The van der Waals surface area contributed by atoms with Gasteiger partial charge in [-0.25, -0.2) is 0 Å². The highest BCUT2D eigenvalue weighted by Crippen LogP contribution is 2.06. The average Bonchev–Trinajstić information content (AvgIpc) is 2.29. The van der Waals surface area contributed by atoms with Crippen molar-refractivity contribution < 1.29 is 4.79 Å². The molecule has 1 amide bonds. The monoisotopic (exact) mass is 243 g/mol. The quantitative estimate of drug-likeness (QED) is 0.504. The zero-order chi connectivity index (χ0) is 13.1. The van der Waals surface area contributed by atoms with Gasteiger partial charge in [0.15, 0.2) is 0 Å². The van der Waals surface area contributed by atoms with Crippen LogP contribution in [0.25, 0.3) is 0 Å². The van der Waals surface area contributed by atoms with E-state index in [0.29, 0.717) is 0 Å². The van der Waals surface area contributed by atoms with Gasteiger partial charge in [0.2, 0.25) is 5.91 Å². The van der Waals surface area contributed by atoms with Gasteiger partial charge in [0.1, 0.15) is 0 Å². The molecule has 0 bridgehead atoms. The van der Waals surface area contributed by atoms with Crippen molar-refractivity contribution in [3.8, 4) is 0 Å². The van der Waals surface area contributed by atoms with E-state index in [4.69, 9.17) is 0 Å². The Kier molecular flexibility index (Phi) is 10.2. The van der Waals surface area contributed by atoms with Gasteiger partial charge < -0.3 is 16.0 Å². The normalized spacial score (nSPS) is 14.4. The Labute approximate surface area is 106 Å². The lowest BCUT2D eigenvalue weighted by Crippen LogP contribution is -2.36. The van der Waals surface area contributed by atoms with E-state index < -0.39 is 0 Å². The Morgan fingerprint density at radius 2 is 1.53 bits per heavy atom. The lowest BCUT2D eigenvalue weighted by molar-refractivity contribution is -0.125. The first-order chi connectivity index (χ1) is 8.11. The van der Waals surface area contributed by atoms with Crippen LogP contribution in [0, 0.1) is 5.92 Å². The molecule has 4 heteroatoms. The Hall–Kier alpha value is -0.610. The molecule has 0 aromatic carbocycles. The molecule has 0 spiro atoms. The van der Waals surface area contributed by atoms with E-state index >= 15 is 0 Å². The summed E-state index contributed by atoms with van der Waals surface area (Å²) >= 11 is 0. The van der Waals surface area contributed by atoms with Crippen LogP contribution >= 0.6 is 0 Å². The minimum Gasteiger partial charge on any atom is -0.353 e. The molecule has 4 nitrogen and oxygen atoms in total. The van der Waals surface area contributed by atoms with Crippen LogP contribution in [0.4, 0.5) is 0 Å². The van der Waals surface area contributed by atoms with Gasteiger partial charge in [-0.2, -0.15) is 0 Å². The smallest absolute Gasteiger partial charge is 0.223 e. The molecule has 0 fully saturated rings. The third-order valence-corrected chi connectivity index (χ3v) is 2.96. The fraction of sp³-hybridized carbons (Fsp3) is 0.923. The molecule has 0 aromatic heterocycles. The van der Waals surface area contributed by atoms with Crippen LogP contribution < -0.4 is 16.0 Å². The number of carbonyl (C=O) groups is 1. The van der Waals surface area contributed by atoms with Crippen LogP contribution in [-0.4, -0.2) is 39.1 Å². The molecule has 3 N–H and O–H groups in total. The number of nitrogens with one attached hydrogen (secondary N) is 3. The van der Waals surface area contributed by atoms with E-state index in [1.165, 1.54) is 0 Å². The second-order valence-electron chi connectivity index (χ2n) is 4.80. The molecule has 0 aliphatic carbocycles. The molecular weight excluding hydrogens is 214 g/mol. The van der Waals surface area contributed by atoms with Crippen molar-refractivity contribution in [3.63, 3.8) is 0 Å². The van der Waals surface area contributed by atoms with E-state index in [9.17, 15) is 4.79 Å². The number of carbonyl (C=O) groups excluding carboxylic acids is 1. The Morgan fingerprint density at radius 1 is 1.00 bits per heavy atom. The highest BCUT2D eigenvalue weighted by molar-refractivity contribution is 5.78.